The molecule has 0 saturated carbocycles. The summed E-state index contributed by atoms with van der Waals surface area (Å²) in [7, 11) is 0. The first-order chi connectivity index (χ1) is 7.16. The summed E-state index contributed by atoms with van der Waals surface area (Å²) in [5.74, 6) is 0.503. The Kier molecular flexibility index (Phi) is 2.86. The molecule has 0 bridgehead atoms. The highest BCUT2D eigenvalue weighted by Gasteiger charge is 2.19. The van der Waals surface area contributed by atoms with Crippen LogP contribution in [0.3, 0.4) is 0 Å². The van der Waals surface area contributed by atoms with E-state index in [4.69, 9.17) is 10.5 Å². The third kappa shape index (κ3) is 2.26. The molecule has 1 aromatic rings. The number of ether oxygens (including phenoxy) is 1. The highest BCUT2D eigenvalue weighted by molar-refractivity contribution is 5.40. The van der Waals surface area contributed by atoms with Crippen molar-refractivity contribution < 1.29 is 13.5 Å². The minimum atomic E-state index is -2.43. The first kappa shape index (κ1) is 10.4. The van der Waals surface area contributed by atoms with E-state index >= 15 is 0 Å². The van der Waals surface area contributed by atoms with Gasteiger partial charge in [-0.2, -0.15) is 0 Å². The summed E-state index contributed by atoms with van der Waals surface area (Å²) < 4.78 is 28.8. The minimum Gasteiger partial charge on any atom is -0.488 e. The SMILES string of the molecule is NC1CCc2cc(OCC(F)F)ccc21. The van der Waals surface area contributed by atoms with E-state index in [0.29, 0.717) is 5.75 Å². The molecule has 4 heteroatoms. The molecule has 0 spiro atoms. The number of fused-ring (bicyclic) bond motifs is 1. The van der Waals surface area contributed by atoms with Crippen LogP contribution in [-0.4, -0.2) is 13.0 Å². The fraction of sp³-hybridized carbons (Fsp3) is 0.455. The van der Waals surface area contributed by atoms with Gasteiger partial charge in [0.1, 0.15) is 12.4 Å². The van der Waals surface area contributed by atoms with Crippen molar-refractivity contribution in [2.75, 3.05) is 6.61 Å². The second-order valence-corrected chi connectivity index (χ2v) is 3.71. The standard InChI is InChI=1S/C11H13F2NO/c12-11(13)6-15-8-2-3-9-7(5-8)1-4-10(9)14/h2-3,5,10-11H,1,4,6,14H2. The molecule has 82 valence electrons. The minimum absolute atomic E-state index is 0.0872. The van der Waals surface area contributed by atoms with Gasteiger partial charge in [-0.3, -0.25) is 0 Å². The van der Waals surface area contributed by atoms with E-state index in [1.807, 2.05) is 12.1 Å². The molecule has 2 nitrogen and oxygen atoms in total. The van der Waals surface area contributed by atoms with Gasteiger partial charge in [0, 0.05) is 6.04 Å². The van der Waals surface area contributed by atoms with Crippen molar-refractivity contribution in [2.45, 2.75) is 25.3 Å². The molecule has 0 fully saturated rings. The van der Waals surface area contributed by atoms with Crippen LogP contribution in [0.25, 0.3) is 0 Å². The molecule has 1 aliphatic rings. The van der Waals surface area contributed by atoms with E-state index in [-0.39, 0.29) is 6.04 Å². The fourth-order valence-electron chi connectivity index (χ4n) is 1.88. The lowest BCUT2D eigenvalue weighted by Gasteiger charge is -2.08. The maximum atomic E-state index is 11.9. The predicted molar refractivity (Wildman–Crippen MR) is 53.2 cm³/mol. The van der Waals surface area contributed by atoms with Gasteiger partial charge in [-0.15, -0.1) is 0 Å². The van der Waals surface area contributed by atoms with Crippen LogP contribution >= 0.6 is 0 Å². The lowest BCUT2D eigenvalue weighted by Crippen LogP contribution is -2.08. The van der Waals surface area contributed by atoms with Crippen LogP contribution in [0.15, 0.2) is 18.2 Å². The number of hydrogen-bond donors (Lipinski definition) is 1. The largest absolute Gasteiger partial charge is 0.488 e. The second-order valence-electron chi connectivity index (χ2n) is 3.71. The Labute approximate surface area is 87.0 Å². The number of hydrogen-bond acceptors (Lipinski definition) is 2. The third-order valence-electron chi connectivity index (χ3n) is 2.61. The van der Waals surface area contributed by atoms with E-state index in [1.165, 1.54) is 0 Å². The van der Waals surface area contributed by atoms with E-state index in [1.54, 1.807) is 6.07 Å². The molecule has 1 atom stereocenters. The fourth-order valence-corrected chi connectivity index (χ4v) is 1.88. The molecule has 0 aliphatic heterocycles. The van der Waals surface area contributed by atoms with Crippen molar-refractivity contribution in [3.63, 3.8) is 0 Å². The summed E-state index contributed by atoms with van der Waals surface area (Å²) in [6.45, 7) is -0.551. The first-order valence-electron chi connectivity index (χ1n) is 4.96. The van der Waals surface area contributed by atoms with Crippen molar-refractivity contribution in [2.24, 2.45) is 5.73 Å². The zero-order valence-corrected chi connectivity index (χ0v) is 8.25. The number of benzene rings is 1. The molecule has 1 aromatic carbocycles. The van der Waals surface area contributed by atoms with Gasteiger partial charge in [0.05, 0.1) is 0 Å². The van der Waals surface area contributed by atoms with E-state index in [2.05, 4.69) is 0 Å². The van der Waals surface area contributed by atoms with Crippen molar-refractivity contribution in [1.29, 1.82) is 0 Å². The summed E-state index contributed by atoms with van der Waals surface area (Å²) in [5, 5.41) is 0. The molecular weight excluding hydrogens is 200 g/mol. The number of alkyl halides is 2. The Morgan fingerprint density at radius 2 is 2.27 bits per heavy atom. The van der Waals surface area contributed by atoms with Crippen LogP contribution in [-0.2, 0) is 6.42 Å². The predicted octanol–water partition coefficient (Wildman–Crippen LogP) is 2.28. The van der Waals surface area contributed by atoms with Crippen LogP contribution < -0.4 is 10.5 Å². The number of halogens is 2. The van der Waals surface area contributed by atoms with Gasteiger partial charge in [-0.25, -0.2) is 8.78 Å². The number of rotatable bonds is 3. The van der Waals surface area contributed by atoms with Gasteiger partial charge in [0.2, 0.25) is 0 Å². The number of nitrogens with two attached hydrogens (primary N) is 1. The monoisotopic (exact) mass is 213 g/mol. The summed E-state index contributed by atoms with van der Waals surface area (Å²) in [6, 6.07) is 5.47. The molecule has 2 rings (SSSR count). The molecule has 0 saturated heterocycles. The second kappa shape index (κ2) is 4.14. The van der Waals surface area contributed by atoms with Crippen molar-refractivity contribution in [3.8, 4) is 5.75 Å². The van der Waals surface area contributed by atoms with Crippen LogP contribution in [0.4, 0.5) is 8.78 Å². The van der Waals surface area contributed by atoms with Gasteiger partial charge in [-0.05, 0) is 36.1 Å². The average Bonchev–Trinajstić information content (AvgIpc) is 2.57. The van der Waals surface area contributed by atoms with Crippen LogP contribution in [0.1, 0.15) is 23.6 Å². The maximum Gasteiger partial charge on any atom is 0.272 e. The molecule has 0 heterocycles. The maximum absolute atomic E-state index is 11.9. The van der Waals surface area contributed by atoms with Gasteiger partial charge < -0.3 is 10.5 Å². The third-order valence-corrected chi connectivity index (χ3v) is 2.61. The Balaban J connectivity index is 2.09. The van der Waals surface area contributed by atoms with Gasteiger partial charge in [0.25, 0.3) is 6.43 Å². The zero-order chi connectivity index (χ0) is 10.8. The molecule has 15 heavy (non-hydrogen) atoms. The summed E-state index contributed by atoms with van der Waals surface area (Å²) >= 11 is 0. The number of aryl methyl sites for hydroxylation is 1. The molecule has 0 amide bonds. The molecular formula is C11H13F2NO. The van der Waals surface area contributed by atoms with Crippen molar-refractivity contribution in [1.82, 2.24) is 0 Å². The molecule has 1 unspecified atom stereocenters. The Morgan fingerprint density at radius 1 is 1.47 bits per heavy atom. The van der Waals surface area contributed by atoms with Gasteiger partial charge in [-0.1, -0.05) is 6.07 Å². The first-order valence-corrected chi connectivity index (χ1v) is 4.96. The lowest BCUT2D eigenvalue weighted by molar-refractivity contribution is 0.0818. The van der Waals surface area contributed by atoms with E-state index < -0.39 is 13.0 Å². The van der Waals surface area contributed by atoms with Crippen LogP contribution in [0, 0.1) is 0 Å². The highest BCUT2D eigenvalue weighted by atomic mass is 19.3. The molecule has 2 N–H and O–H groups in total. The summed E-state index contributed by atoms with van der Waals surface area (Å²) in [6.07, 6.45) is -0.601. The zero-order valence-electron chi connectivity index (χ0n) is 8.25. The van der Waals surface area contributed by atoms with Gasteiger partial charge in [0.15, 0.2) is 0 Å². The quantitative estimate of drug-likeness (QED) is 0.836. The van der Waals surface area contributed by atoms with E-state index in [9.17, 15) is 8.78 Å². The highest BCUT2D eigenvalue weighted by Crippen LogP contribution is 2.31. The molecule has 1 aliphatic carbocycles. The molecule has 0 aromatic heterocycles. The van der Waals surface area contributed by atoms with Crippen LogP contribution in [0.5, 0.6) is 5.75 Å². The van der Waals surface area contributed by atoms with Crippen LogP contribution in [0.2, 0.25) is 0 Å². The summed E-state index contributed by atoms with van der Waals surface area (Å²) in [4.78, 5) is 0. The average molecular weight is 213 g/mol. The lowest BCUT2D eigenvalue weighted by atomic mass is 10.1. The smallest absolute Gasteiger partial charge is 0.272 e. The normalized spacial score (nSPS) is 19.3. The molecule has 0 radical (unpaired) electrons. The Bertz CT molecular complexity index is 354. The van der Waals surface area contributed by atoms with Crippen molar-refractivity contribution >= 4 is 0 Å². The summed E-state index contributed by atoms with van der Waals surface area (Å²) in [5.41, 5.74) is 8.09. The van der Waals surface area contributed by atoms with Gasteiger partial charge >= 0.3 is 0 Å². The Morgan fingerprint density at radius 3 is 3.00 bits per heavy atom. The van der Waals surface area contributed by atoms with Crippen molar-refractivity contribution in [3.05, 3.63) is 29.3 Å². The Hall–Kier alpha value is -1.16. The topological polar surface area (TPSA) is 35.2 Å². The van der Waals surface area contributed by atoms with E-state index in [0.717, 1.165) is 24.0 Å².